The molecule has 266 valence electrons. The number of para-hydroxylation sites is 2. The summed E-state index contributed by atoms with van der Waals surface area (Å²) >= 11 is 1.95. The first-order valence-corrected chi connectivity index (χ1v) is 20.3. The largest absolute Gasteiger partial charge is 0.310 e. The van der Waals surface area contributed by atoms with Gasteiger partial charge in [0.25, 0.3) is 6.71 Å². The van der Waals surface area contributed by atoms with Gasteiger partial charge in [-0.1, -0.05) is 147 Å². The van der Waals surface area contributed by atoms with E-state index in [0.717, 1.165) is 0 Å². The molecule has 6 aromatic carbocycles. The van der Waals surface area contributed by atoms with E-state index in [1.165, 1.54) is 98.9 Å². The first-order chi connectivity index (χ1) is 25.7. The van der Waals surface area contributed by atoms with Gasteiger partial charge >= 0.3 is 0 Å². The van der Waals surface area contributed by atoms with E-state index in [2.05, 4.69) is 193 Å². The number of thiophene rings is 1. The van der Waals surface area contributed by atoms with Gasteiger partial charge in [0.05, 0.1) is 10.7 Å². The molecule has 0 spiro atoms. The molecule has 4 heterocycles. The standard InChI is InChI=1S/C50H47BN2S/c1-48(2,3)30-21-24-33(25-22-30)52-41-28-32(50(7,8)9)29-42-45(41)51(44-38-27-31(49(4,5)6)23-26-43(38)54-47(44)52)39-19-14-18-37-35-16-11-10-15-34(35)36-17-12-13-20-40(36)53(42)46(37)39/h10-29H,1-9H3. The fourth-order valence-corrected chi connectivity index (χ4v) is 10.4. The molecule has 3 aliphatic heterocycles. The van der Waals surface area contributed by atoms with E-state index in [9.17, 15) is 0 Å². The minimum atomic E-state index is -0.0705. The molecule has 54 heavy (non-hydrogen) atoms. The SMILES string of the molecule is CC(C)(C)c1ccc(N2c3cc(C(C)(C)C)cc4c3B(c3cccc5c3N4c3ccccc3-c3ccccc3-5)c3c2sc2ccc(C(C)(C)C)cc32)cc1. The summed E-state index contributed by atoms with van der Waals surface area (Å²) in [4.78, 5) is 5.24. The fourth-order valence-electron chi connectivity index (χ4n) is 9.15. The minimum Gasteiger partial charge on any atom is -0.310 e. The van der Waals surface area contributed by atoms with Crippen LogP contribution in [0.5, 0.6) is 0 Å². The molecule has 10 rings (SSSR count). The Labute approximate surface area is 325 Å². The van der Waals surface area contributed by atoms with Crippen LogP contribution in [0.3, 0.4) is 0 Å². The zero-order valence-corrected chi connectivity index (χ0v) is 33.7. The lowest BCUT2D eigenvalue weighted by molar-refractivity contribution is 0.590. The van der Waals surface area contributed by atoms with Crippen LogP contribution < -0.4 is 26.2 Å². The first kappa shape index (κ1) is 33.5. The van der Waals surface area contributed by atoms with Crippen LogP contribution in [0.25, 0.3) is 32.3 Å². The molecule has 0 saturated heterocycles. The van der Waals surface area contributed by atoms with Crippen LogP contribution in [0.4, 0.5) is 33.4 Å². The molecule has 0 bridgehead atoms. The molecular formula is C50H47BN2S. The van der Waals surface area contributed by atoms with E-state index in [1.54, 1.807) is 0 Å². The van der Waals surface area contributed by atoms with E-state index in [1.807, 2.05) is 11.3 Å². The highest BCUT2D eigenvalue weighted by atomic mass is 32.1. The van der Waals surface area contributed by atoms with Gasteiger partial charge in [0, 0.05) is 38.6 Å². The summed E-state index contributed by atoms with van der Waals surface area (Å²) in [6, 6.07) is 46.9. The van der Waals surface area contributed by atoms with Crippen LogP contribution in [0.1, 0.15) is 79.0 Å². The van der Waals surface area contributed by atoms with Crippen molar-refractivity contribution in [3.8, 4) is 22.3 Å². The first-order valence-electron chi connectivity index (χ1n) is 19.5. The highest BCUT2D eigenvalue weighted by Gasteiger charge is 2.47. The van der Waals surface area contributed by atoms with Crippen LogP contribution in [-0.4, -0.2) is 6.71 Å². The zero-order chi connectivity index (χ0) is 37.5. The smallest absolute Gasteiger partial charge is 0.254 e. The van der Waals surface area contributed by atoms with Crippen LogP contribution >= 0.6 is 11.3 Å². The summed E-state index contributed by atoms with van der Waals surface area (Å²) in [6.45, 7) is 21.1. The van der Waals surface area contributed by atoms with Crippen molar-refractivity contribution < 1.29 is 0 Å². The van der Waals surface area contributed by atoms with Crippen molar-refractivity contribution in [2.45, 2.75) is 78.6 Å². The van der Waals surface area contributed by atoms with Gasteiger partial charge in [-0.15, -0.1) is 11.3 Å². The minimum absolute atomic E-state index is 0.0332. The Hall–Kier alpha value is -5.06. The average Bonchev–Trinajstić information content (AvgIpc) is 3.46. The molecule has 4 heteroatoms. The van der Waals surface area contributed by atoms with Crippen LogP contribution in [0.15, 0.2) is 121 Å². The lowest BCUT2D eigenvalue weighted by Crippen LogP contribution is -2.61. The van der Waals surface area contributed by atoms with E-state index in [-0.39, 0.29) is 23.0 Å². The topological polar surface area (TPSA) is 6.48 Å². The van der Waals surface area contributed by atoms with Crippen LogP contribution in [-0.2, 0) is 16.2 Å². The third-order valence-electron chi connectivity index (χ3n) is 12.1. The highest BCUT2D eigenvalue weighted by Crippen LogP contribution is 2.54. The van der Waals surface area contributed by atoms with Gasteiger partial charge in [-0.25, -0.2) is 0 Å². The van der Waals surface area contributed by atoms with Crippen LogP contribution in [0.2, 0.25) is 0 Å². The van der Waals surface area contributed by atoms with E-state index in [0.29, 0.717) is 0 Å². The van der Waals surface area contributed by atoms with Crippen molar-refractivity contribution in [3.05, 3.63) is 138 Å². The molecule has 0 atom stereocenters. The summed E-state index contributed by atoms with van der Waals surface area (Å²) < 4.78 is 1.34. The second-order valence-corrected chi connectivity index (χ2v) is 19.7. The van der Waals surface area contributed by atoms with Crippen molar-refractivity contribution in [1.29, 1.82) is 0 Å². The van der Waals surface area contributed by atoms with Crippen molar-refractivity contribution in [2.24, 2.45) is 0 Å². The lowest BCUT2D eigenvalue weighted by atomic mass is 9.33. The number of benzene rings is 6. The molecule has 2 nitrogen and oxygen atoms in total. The Morgan fingerprint density at radius 3 is 1.70 bits per heavy atom. The van der Waals surface area contributed by atoms with Crippen molar-refractivity contribution >= 4 is 78.0 Å². The molecule has 0 saturated carbocycles. The number of hydrogen-bond donors (Lipinski definition) is 0. The van der Waals surface area contributed by atoms with Crippen LogP contribution in [0, 0.1) is 0 Å². The van der Waals surface area contributed by atoms with E-state index in [4.69, 9.17) is 0 Å². The zero-order valence-electron chi connectivity index (χ0n) is 32.9. The Morgan fingerprint density at radius 2 is 1.04 bits per heavy atom. The van der Waals surface area contributed by atoms with Gasteiger partial charge in [0.2, 0.25) is 0 Å². The fraction of sp³-hybridized carbons (Fsp3) is 0.240. The van der Waals surface area contributed by atoms with Gasteiger partial charge in [-0.05, 0) is 102 Å². The molecule has 0 fully saturated rings. The third kappa shape index (κ3) is 4.78. The quantitative estimate of drug-likeness (QED) is 0.156. The Balaban J connectivity index is 1.38. The van der Waals surface area contributed by atoms with E-state index < -0.39 is 0 Å². The Kier molecular flexibility index (Phi) is 6.98. The normalized spacial score (nSPS) is 14.3. The Bertz CT molecular complexity index is 2680. The molecule has 1 aromatic heterocycles. The number of anilines is 6. The molecule has 0 radical (unpaired) electrons. The third-order valence-corrected chi connectivity index (χ3v) is 13.3. The maximum atomic E-state index is 2.63. The van der Waals surface area contributed by atoms with Gasteiger partial charge in [0.15, 0.2) is 0 Å². The van der Waals surface area contributed by atoms with Gasteiger partial charge in [-0.2, -0.15) is 0 Å². The van der Waals surface area contributed by atoms with Crippen molar-refractivity contribution in [1.82, 2.24) is 0 Å². The summed E-state index contributed by atoms with van der Waals surface area (Å²) in [7, 11) is 0. The maximum Gasteiger partial charge on any atom is 0.254 e. The lowest BCUT2D eigenvalue weighted by Gasteiger charge is -2.44. The molecule has 0 N–H and O–H groups in total. The van der Waals surface area contributed by atoms with Crippen molar-refractivity contribution in [2.75, 3.05) is 9.80 Å². The molecule has 0 amide bonds. The summed E-state index contributed by atoms with van der Waals surface area (Å²) in [5.74, 6) is 0. The summed E-state index contributed by atoms with van der Waals surface area (Å²) in [5, 5.41) is 2.70. The second kappa shape index (κ2) is 11.2. The Morgan fingerprint density at radius 1 is 0.463 bits per heavy atom. The average molecular weight is 719 g/mol. The molecule has 7 aromatic rings. The van der Waals surface area contributed by atoms with Gasteiger partial charge in [-0.3, -0.25) is 0 Å². The maximum absolute atomic E-state index is 2.63. The number of fused-ring (bicyclic) bond motifs is 11. The highest BCUT2D eigenvalue weighted by molar-refractivity contribution is 7.26. The molecule has 3 aliphatic rings. The van der Waals surface area contributed by atoms with E-state index >= 15 is 0 Å². The monoisotopic (exact) mass is 718 g/mol. The molecular weight excluding hydrogens is 671 g/mol. The summed E-state index contributed by atoms with van der Waals surface area (Å²) in [5.41, 5.74) is 19.8. The molecule has 0 aliphatic carbocycles. The van der Waals surface area contributed by atoms with Gasteiger partial charge < -0.3 is 9.80 Å². The molecule has 0 unspecified atom stereocenters. The second-order valence-electron chi connectivity index (χ2n) is 18.7. The number of hydrogen-bond acceptors (Lipinski definition) is 3. The predicted molar refractivity (Wildman–Crippen MR) is 236 cm³/mol. The summed E-state index contributed by atoms with van der Waals surface area (Å²) in [6.07, 6.45) is 0. The predicted octanol–water partition coefficient (Wildman–Crippen LogP) is 12.5. The number of rotatable bonds is 1. The van der Waals surface area contributed by atoms with Crippen molar-refractivity contribution in [3.63, 3.8) is 0 Å². The number of nitrogens with zero attached hydrogens (tertiary/aromatic N) is 2. The van der Waals surface area contributed by atoms with Gasteiger partial charge in [0.1, 0.15) is 0 Å².